The van der Waals surface area contributed by atoms with E-state index in [0.29, 0.717) is 33.8 Å². The van der Waals surface area contributed by atoms with Crippen LogP contribution in [0.3, 0.4) is 0 Å². The van der Waals surface area contributed by atoms with Crippen molar-refractivity contribution in [3.8, 4) is 22.8 Å². The van der Waals surface area contributed by atoms with Gasteiger partial charge in [0.15, 0.2) is 16.6 Å². The molecule has 3 aliphatic heterocycles. The maximum absolute atomic E-state index is 5.97. The number of benzene rings is 2. The smallest absolute Gasteiger partial charge is 0.170 e. The molecule has 0 spiro atoms. The Bertz CT molecular complexity index is 1230. The van der Waals surface area contributed by atoms with Gasteiger partial charge in [-0.05, 0) is 86.1 Å². The number of nitrogens with zero attached hydrogens (tertiary/aromatic N) is 3. The summed E-state index contributed by atoms with van der Waals surface area (Å²) in [5.74, 6) is 2.54. The third-order valence-corrected chi connectivity index (χ3v) is 7.95. The number of anilines is 1. The maximum Gasteiger partial charge on any atom is 0.170 e. The molecule has 190 valence electrons. The van der Waals surface area contributed by atoms with E-state index in [1.54, 1.807) is 14.2 Å². The Labute approximate surface area is 222 Å². The van der Waals surface area contributed by atoms with E-state index in [1.807, 2.05) is 42.5 Å². The van der Waals surface area contributed by atoms with Crippen molar-refractivity contribution < 1.29 is 9.47 Å². The number of methoxy groups -OCH3 is 2. The summed E-state index contributed by atoms with van der Waals surface area (Å²) in [6.45, 7) is 3.01. The fourth-order valence-electron chi connectivity index (χ4n) is 5.57. The minimum atomic E-state index is 0.473. The van der Waals surface area contributed by atoms with E-state index in [-0.39, 0.29) is 0 Å². The Morgan fingerprint density at radius 2 is 1.89 bits per heavy atom. The Morgan fingerprint density at radius 1 is 1.11 bits per heavy atom. The molecular weight excluding hydrogens is 494 g/mol. The van der Waals surface area contributed by atoms with Crippen molar-refractivity contribution in [2.75, 3.05) is 39.2 Å². The number of hydrogen-bond donors (Lipinski definition) is 2. The predicted octanol–water partition coefficient (Wildman–Crippen LogP) is 4.92. The third-order valence-electron chi connectivity index (χ3n) is 7.45. The molecule has 1 aromatic heterocycles. The van der Waals surface area contributed by atoms with E-state index < -0.39 is 0 Å². The highest BCUT2D eigenvalue weighted by Gasteiger charge is 2.41. The highest BCUT2D eigenvalue weighted by atomic mass is 35.5. The van der Waals surface area contributed by atoms with E-state index in [4.69, 9.17) is 38.4 Å². The van der Waals surface area contributed by atoms with Crippen molar-refractivity contribution in [3.63, 3.8) is 0 Å². The van der Waals surface area contributed by atoms with Gasteiger partial charge in [0.2, 0.25) is 0 Å². The van der Waals surface area contributed by atoms with Crippen molar-refractivity contribution in [1.29, 1.82) is 0 Å². The van der Waals surface area contributed by atoms with Gasteiger partial charge in [0.05, 0.1) is 19.9 Å². The molecule has 4 heterocycles. The second-order valence-corrected chi connectivity index (χ2v) is 10.4. The van der Waals surface area contributed by atoms with E-state index in [1.165, 1.54) is 12.1 Å². The van der Waals surface area contributed by atoms with Crippen LogP contribution in [0.4, 0.5) is 5.69 Å². The number of fused-ring (bicyclic) bond motifs is 3. The summed E-state index contributed by atoms with van der Waals surface area (Å²) in [6, 6.07) is 16.2. The van der Waals surface area contributed by atoms with Gasteiger partial charge in [-0.15, -0.1) is 0 Å². The number of aromatic nitrogens is 2. The van der Waals surface area contributed by atoms with Crippen molar-refractivity contribution in [1.82, 2.24) is 20.0 Å². The first-order chi connectivity index (χ1) is 17.4. The van der Waals surface area contributed by atoms with Gasteiger partial charge in [-0.25, -0.2) is 0 Å². The van der Waals surface area contributed by atoms with Gasteiger partial charge in [0.1, 0.15) is 0 Å². The van der Waals surface area contributed by atoms with Gasteiger partial charge in [-0.3, -0.25) is 9.58 Å². The summed E-state index contributed by atoms with van der Waals surface area (Å²) in [7, 11) is 5.36. The molecule has 3 aliphatic rings. The lowest BCUT2D eigenvalue weighted by molar-refractivity contribution is 0.0303. The first-order valence-corrected chi connectivity index (χ1v) is 13.0. The number of ether oxygens (including phenoxy) is 2. The quantitative estimate of drug-likeness (QED) is 0.424. The normalized spacial score (nSPS) is 22.8. The molecule has 36 heavy (non-hydrogen) atoms. The van der Waals surface area contributed by atoms with Crippen LogP contribution >= 0.6 is 23.8 Å². The number of nitrogens with one attached hydrogen (secondary N) is 2. The molecule has 2 aromatic carbocycles. The Kier molecular flexibility index (Phi) is 7.37. The molecule has 3 saturated heterocycles. The lowest BCUT2D eigenvalue weighted by atomic mass is 9.74. The van der Waals surface area contributed by atoms with Crippen molar-refractivity contribution in [3.05, 3.63) is 59.2 Å². The van der Waals surface area contributed by atoms with E-state index in [9.17, 15) is 0 Å². The second kappa shape index (κ2) is 10.7. The van der Waals surface area contributed by atoms with E-state index in [0.717, 1.165) is 48.7 Å². The van der Waals surface area contributed by atoms with Crippen LogP contribution in [0.2, 0.25) is 5.02 Å². The number of rotatable bonds is 7. The molecule has 4 atom stereocenters. The molecule has 1 unspecified atom stereocenters. The number of thiocarbonyl (C=S) groups is 1. The van der Waals surface area contributed by atoms with Gasteiger partial charge in [0.25, 0.3) is 0 Å². The van der Waals surface area contributed by atoms with Gasteiger partial charge in [0, 0.05) is 54.1 Å². The van der Waals surface area contributed by atoms with Gasteiger partial charge < -0.3 is 20.1 Å². The Balaban J connectivity index is 1.22. The maximum atomic E-state index is 5.97. The molecule has 0 saturated carbocycles. The molecule has 6 rings (SSSR count). The summed E-state index contributed by atoms with van der Waals surface area (Å²) < 4.78 is 12.9. The minimum Gasteiger partial charge on any atom is -0.493 e. The molecule has 2 N–H and O–H groups in total. The summed E-state index contributed by atoms with van der Waals surface area (Å²) >= 11 is 11.5. The average molecular weight is 526 g/mol. The molecule has 2 bridgehead atoms. The summed E-state index contributed by atoms with van der Waals surface area (Å²) in [5.41, 5.74) is 4.21. The molecule has 3 aromatic rings. The van der Waals surface area contributed by atoms with Crippen molar-refractivity contribution in [2.24, 2.45) is 13.0 Å². The highest BCUT2D eigenvalue weighted by molar-refractivity contribution is 7.80. The summed E-state index contributed by atoms with van der Waals surface area (Å²) in [6.07, 6.45) is 2.36. The third kappa shape index (κ3) is 5.16. The van der Waals surface area contributed by atoms with Crippen LogP contribution < -0.4 is 20.1 Å². The average Bonchev–Trinajstić information content (AvgIpc) is 3.30. The van der Waals surface area contributed by atoms with E-state index >= 15 is 0 Å². The number of hydrogen-bond acceptors (Lipinski definition) is 5. The largest absolute Gasteiger partial charge is 0.493 e. The predicted molar refractivity (Wildman–Crippen MR) is 148 cm³/mol. The zero-order chi connectivity index (χ0) is 25.2. The van der Waals surface area contributed by atoms with Crippen LogP contribution in [-0.4, -0.2) is 59.7 Å². The fraction of sp³-hybridized carbons (Fsp3) is 0.407. The van der Waals surface area contributed by atoms with E-state index in [2.05, 4.69) is 33.3 Å². The molecule has 0 amide bonds. The van der Waals surface area contributed by atoms with Crippen LogP contribution in [0.1, 0.15) is 24.5 Å². The SMILES string of the molecule is COc1ccc(-c2cc([C@H]3CN4CC[C@H]3C[C@@H]4CNC(=S)Nc3ccc(Cl)cc3)n(C)n2)cc1OC. The zero-order valence-electron chi connectivity index (χ0n) is 20.8. The van der Waals surface area contributed by atoms with Gasteiger partial charge in [-0.1, -0.05) is 11.6 Å². The first kappa shape index (κ1) is 24.9. The molecule has 0 radical (unpaired) electrons. The van der Waals surface area contributed by atoms with Gasteiger partial charge in [-0.2, -0.15) is 5.10 Å². The summed E-state index contributed by atoms with van der Waals surface area (Å²) in [4.78, 5) is 2.60. The zero-order valence-corrected chi connectivity index (χ0v) is 22.4. The topological polar surface area (TPSA) is 63.6 Å². The van der Waals surface area contributed by atoms with Crippen molar-refractivity contribution in [2.45, 2.75) is 24.8 Å². The second-order valence-electron chi connectivity index (χ2n) is 9.53. The lowest BCUT2D eigenvalue weighted by Crippen LogP contribution is -2.56. The van der Waals surface area contributed by atoms with Crippen LogP contribution in [0.25, 0.3) is 11.3 Å². The Morgan fingerprint density at radius 3 is 2.58 bits per heavy atom. The first-order valence-electron chi connectivity index (χ1n) is 12.3. The number of piperidine rings is 3. The van der Waals surface area contributed by atoms with Crippen molar-refractivity contribution >= 4 is 34.6 Å². The minimum absolute atomic E-state index is 0.473. The number of halogens is 1. The van der Waals surface area contributed by atoms with Crippen LogP contribution in [0.15, 0.2) is 48.5 Å². The fourth-order valence-corrected chi connectivity index (χ4v) is 5.90. The molecule has 3 fully saturated rings. The van der Waals surface area contributed by atoms with Crippen LogP contribution in [0.5, 0.6) is 11.5 Å². The standard InChI is InChI=1S/C27H32ClN5O2S/c1-32-24(14-23(31-32)18-4-9-25(34-2)26(13-18)35-3)22-16-33-11-10-17(22)12-21(33)15-29-27(36)30-20-7-5-19(28)6-8-20/h4-9,13-14,17,21-22H,10-12,15-16H2,1-3H3,(H2,29,30,36)/t17-,21+,22-/m0/s1. The molecular formula is C27H32ClN5O2S. The Hall–Kier alpha value is -2.81. The highest BCUT2D eigenvalue weighted by Crippen LogP contribution is 2.42. The number of aryl methyl sites for hydroxylation is 1. The van der Waals surface area contributed by atoms with Gasteiger partial charge >= 0.3 is 0 Å². The monoisotopic (exact) mass is 525 g/mol. The van der Waals surface area contributed by atoms with Crippen LogP contribution in [-0.2, 0) is 7.05 Å². The molecule has 0 aliphatic carbocycles. The molecule has 9 heteroatoms. The summed E-state index contributed by atoms with van der Waals surface area (Å²) in [5, 5.41) is 12.9. The lowest BCUT2D eigenvalue weighted by Gasteiger charge is -2.50. The van der Waals surface area contributed by atoms with Crippen LogP contribution in [0, 0.1) is 5.92 Å². The molecule has 7 nitrogen and oxygen atoms in total.